The predicted molar refractivity (Wildman–Crippen MR) is 36.1 cm³/mol. The van der Waals surface area contributed by atoms with Gasteiger partial charge < -0.3 is 0 Å². The van der Waals surface area contributed by atoms with E-state index < -0.39 is 0 Å². The molecule has 2 atom stereocenters. The molecule has 0 amide bonds. The molecule has 46 valence electrons. The maximum Gasteiger partial charge on any atom is 0.146 e. The predicted octanol–water partition coefficient (Wildman–Crippen LogP) is 1.75. The number of Topliss-reactive ketones (excluding diaryl/α,β-unsaturated/α-hetero) is 1. The van der Waals surface area contributed by atoms with Crippen molar-refractivity contribution in [2.24, 2.45) is 5.92 Å². The topological polar surface area (TPSA) is 17.1 Å². The molecule has 0 aromatic carbocycles. The van der Waals surface area contributed by atoms with E-state index >= 15 is 0 Å². The van der Waals surface area contributed by atoms with Crippen molar-refractivity contribution in [3.63, 3.8) is 0 Å². The molecule has 0 aromatic heterocycles. The molecule has 0 N–H and O–H groups in total. The fourth-order valence-electron chi connectivity index (χ4n) is 1.04. The first kappa shape index (κ1) is 6.27. The maximum absolute atomic E-state index is 10.7. The average molecular weight is 177 g/mol. The van der Waals surface area contributed by atoms with Gasteiger partial charge in [0.15, 0.2) is 0 Å². The number of ketones is 1. The molecule has 8 heavy (non-hydrogen) atoms. The van der Waals surface area contributed by atoms with Crippen LogP contribution < -0.4 is 0 Å². The summed E-state index contributed by atoms with van der Waals surface area (Å²) in [6, 6.07) is 0. The van der Waals surface area contributed by atoms with Crippen LogP contribution in [0.2, 0.25) is 0 Å². The minimum atomic E-state index is 0.164. The Morgan fingerprint density at radius 1 is 1.75 bits per heavy atom. The molecule has 1 aliphatic carbocycles. The highest BCUT2D eigenvalue weighted by molar-refractivity contribution is 9.10. The molecule has 0 aliphatic heterocycles. The van der Waals surface area contributed by atoms with Crippen LogP contribution in [0.25, 0.3) is 0 Å². The van der Waals surface area contributed by atoms with E-state index in [1.54, 1.807) is 0 Å². The van der Waals surface area contributed by atoms with Crippen LogP contribution in [0.1, 0.15) is 19.8 Å². The first-order valence-corrected chi connectivity index (χ1v) is 3.78. The van der Waals surface area contributed by atoms with Crippen LogP contribution in [-0.2, 0) is 4.79 Å². The number of carbonyl (C=O) groups is 1. The summed E-state index contributed by atoms with van der Waals surface area (Å²) in [5.74, 6) is 0.976. The standard InChI is InChI=1S/C6H9BrO/c1-4-2-5(7)6(8)3-4/h4-5H,2-3H2,1H3. The van der Waals surface area contributed by atoms with Crippen molar-refractivity contribution in [3.8, 4) is 0 Å². The van der Waals surface area contributed by atoms with Crippen LogP contribution in [0.4, 0.5) is 0 Å². The summed E-state index contributed by atoms with van der Waals surface area (Å²) >= 11 is 3.29. The number of halogens is 1. The largest absolute Gasteiger partial charge is 0.298 e. The third-order valence-electron chi connectivity index (χ3n) is 1.51. The summed E-state index contributed by atoms with van der Waals surface area (Å²) in [6.07, 6.45) is 1.80. The lowest BCUT2D eigenvalue weighted by molar-refractivity contribution is -0.117. The van der Waals surface area contributed by atoms with Gasteiger partial charge in [0.05, 0.1) is 4.83 Å². The molecule has 0 saturated heterocycles. The van der Waals surface area contributed by atoms with Gasteiger partial charge in [-0.2, -0.15) is 0 Å². The molecule has 2 unspecified atom stereocenters. The Kier molecular flexibility index (Phi) is 1.71. The highest BCUT2D eigenvalue weighted by Gasteiger charge is 2.26. The zero-order chi connectivity index (χ0) is 6.15. The van der Waals surface area contributed by atoms with Gasteiger partial charge in [0.1, 0.15) is 5.78 Å². The zero-order valence-corrected chi connectivity index (χ0v) is 6.44. The van der Waals surface area contributed by atoms with E-state index in [1.165, 1.54) is 0 Å². The van der Waals surface area contributed by atoms with Crippen molar-refractivity contribution in [2.45, 2.75) is 24.6 Å². The van der Waals surface area contributed by atoms with E-state index in [4.69, 9.17) is 0 Å². The first-order valence-electron chi connectivity index (χ1n) is 2.87. The first-order chi connectivity index (χ1) is 3.70. The van der Waals surface area contributed by atoms with Crippen molar-refractivity contribution in [3.05, 3.63) is 0 Å². The Hall–Kier alpha value is 0.150. The van der Waals surface area contributed by atoms with Gasteiger partial charge in [0, 0.05) is 6.42 Å². The van der Waals surface area contributed by atoms with Gasteiger partial charge in [-0.3, -0.25) is 4.79 Å². The van der Waals surface area contributed by atoms with Gasteiger partial charge >= 0.3 is 0 Å². The lowest BCUT2D eigenvalue weighted by atomic mass is 10.1. The SMILES string of the molecule is CC1CC(=O)C(Br)C1. The summed E-state index contributed by atoms with van der Waals surface area (Å²) in [6.45, 7) is 2.11. The molecule has 0 bridgehead atoms. The number of rotatable bonds is 0. The molecular weight excluding hydrogens is 168 g/mol. The van der Waals surface area contributed by atoms with Crippen molar-refractivity contribution in [1.82, 2.24) is 0 Å². The normalized spacial score (nSPS) is 38.5. The third kappa shape index (κ3) is 1.10. The van der Waals surface area contributed by atoms with E-state index in [0.717, 1.165) is 12.8 Å². The molecule has 1 aliphatic rings. The van der Waals surface area contributed by atoms with E-state index in [2.05, 4.69) is 22.9 Å². The second kappa shape index (κ2) is 2.18. The number of hydrogen-bond donors (Lipinski definition) is 0. The Balaban J connectivity index is 2.51. The highest BCUT2D eigenvalue weighted by atomic mass is 79.9. The summed E-state index contributed by atoms with van der Waals surface area (Å²) in [7, 11) is 0. The zero-order valence-electron chi connectivity index (χ0n) is 4.86. The van der Waals surface area contributed by atoms with Crippen molar-refractivity contribution in [2.75, 3.05) is 0 Å². The summed E-state index contributed by atoms with van der Waals surface area (Å²) in [5.41, 5.74) is 0. The summed E-state index contributed by atoms with van der Waals surface area (Å²) < 4.78 is 0. The molecule has 1 fully saturated rings. The lowest BCUT2D eigenvalue weighted by Crippen LogP contribution is -2.01. The summed E-state index contributed by atoms with van der Waals surface area (Å²) in [5, 5.41) is 0. The fraction of sp³-hybridized carbons (Fsp3) is 0.833. The molecule has 2 heteroatoms. The monoisotopic (exact) mass is 176 g/mol. The molecule has 0 heterocycles. The number of hydrogen-bond acceptors (Lipinski definition) is 1. The number of carbonyl (C=O) groups excluding carboxylic acids is 1. The number of alkyl halides is 1. The van der Waals surface area contributed by atoms with E-state index in [-0.39, 0.29) is 4.83 Å². The van der Waals surface area contributed by atoms with Crippen LogP contribution in [0.5, 0.6) is 0 Å². The Morgan fingerprint density at radius 2 is 2.38 bits per heavy atom. The highest BCUT2D eigenvalue weighted by Crippen LogP contribution is 2.26. The molecule has 0 radical (unpaired) electrons. The van der Waals surface area contributed by atoms with Gasteiger partial charge in [-0.1, -0.05) is 22.9 Å². The van der Waals surface area contributed by atoms with Crippen molar-refractivity contribution < 1.29 is 4.79 Å². The van der Waals surface area contributed by atoms with Crippen LogP contribution in [0, 0.1) is 5.92 Å². The van der Waals surface area contributed by atoms with Gasteiger partial charge in [0.2, 0.25) is 0 Å². The van der Waals surface area contributed by atoms with Gasteiger partial charge in [0.25, 0.3) is 0 Å². The fourth-order valence-corrected chi connectivity index (χ4v) is 1.86. The van der Waals surface area contributed by atoms with Crippen molar-refractivity contribution >= 4 is 21.7 Å². The molecule has 0 spiro atoms. The van der Waals surface area contributed by atoms with Crippen molar-refractivity contribution in [1.29, 1.82) is 0 Å². The summed E-state index contributed by atoms with van der Waals surface area (Å²) in [4.78, 5) is 10.9. The quantitative estimate of drug-likeness (QED) is 0.515. The minimum absolute atomic E-state index is 0.164. The van der Waals surface area contributed by atoms with Crippen LogP contribution >= 0.6 is 15.9 Å². The Bertz CT molecular complexity index is 111. The second-order valence-electron chi connectivity index (χ2n) is 2.48. The average Bonchev–Trinajstić information content (AvgIpc) is 1.85. The van der Waals surface area contributed by atoms with E-state index in [0.29, 0.717) is 11.7 Å². The Labute approximate surface area is 57.6 Å². The maximum atomic E-state index is 10.7. The van der Waals surface area contributed by atoms with Gasteiger partial charge in [-0.05, 0) is 12.3 Å². The molecular formula is C6H9BrO. The third-order valence-corrected chi connectivity index (χ3v) is 2.39. The minimum Gasteiger partial charge on any atom is -0.298 e. The molecule has 1 rings (SSSR count). The van der Waals surface area contributed by atoms with E-state index in [1.807, 2.05) is 0 Å². The Morgan fingerprint density at radius 3 is 2.50 bits per heavy atom. The molecule has 0 aromatic rings. The molecule has 1 saturated carbocycles. The molecule has 1 nitrogen and oxygen atoms in total. The van der Waals surface area contributed by atoms with Crippen LogP contribution in [0.3, 0.4) is 0 Å². The second-order valence-corrected chi connectivity index (χ2v) is 3.58. The van der Waals surface area contributed by atoms with E-state index in [9.17, 15) is 4.79 Å². The lowest BCUT2D eigenvalue weighted by Gasteiger charge is -1.93. The van der Waals surface area contributed by atoms with Gasteiger partial charge in [-0.25, -0.2) is 0 Å². The van der Waals surface area contributed by atoms with Crippen LogP contribution in [-0.4, -0.2) is 10.6 Å². The van der Waals surface area contributed by atoms with Crippen LogP contribution in [0.15, 0.2) is 0 Å². The van der Waals surface area contributed by atoms with Gasteiger partial charge in [-0.15, -0.1) is 0 Å². The smallest absolute Gasteiger partial charge is 0.146 e.